The van der Waals surface area contributed by atoms with Crippen molar-refractivity contribution in [2.45, 2.75) is 38.1 Å². The van der Waals surface area contributed by atoms with Crippen molar-refractivity contribution in [3.8, 4) is 0 Å². The molecule has 64 valence electrons. The molecule has 0 bridgehead atoms. The second kappa shape index (κ2) is 3.57. The van der Waals surface area contributed by atoms with E-state index in [0.717, 1.165) is 30.7 Å². The molecule has 4 heteroatoms. The molecule has 0 spiro atoms. The van der Waals surface area contributed by atoms with E-state index < -0.39 is 6.09 Å². The Kier molecular flexibility index (Phi) is 2.70. The van der Waals surface area contributed by atoms with Crippen LogP contribution in [0.2, 0.25) is 0 Å². The van der Waals surface area contributed by atoms with Crippen LogP contribution in [0, 0.1) is 0 Å². The summed E-state index contributed by atoms with van der Waals surface area (Å²) in [5, 5.41) is 9.48. The molecule has 11 heavy (non-hydrogen) atoms. The van der Waals surface area contributed by atoms with Crippen LogP contribution < -0.4 is 5.84 Å². The van der Waals surface area contributed by atoms with Crippen molar-refractivity contribution in [2.75, 3.05) is 0 Å². The standard InChI is InChI=1S/C7H14N2O2/c8-9(7(10)11)6-4-2-1-3-5-6/h6H,1-5,8H2,(H,10,11). The molecule has 0 radical (unpaired) electrons. The number of amides is 1. The Morgan fingerprint density at radius 1 is 1.36 bits per heavy atom. The van der Waals surface area contributed by atoms with Gasteiger partial charge in [-0.1, -0.05) is 19.3 Å². The molecule has 0 aromatic carbocycles. The number of nitrogens with two attached hydrogens (primary N) is 1. The summed E-state index contributed by atoms with van der Waals surface area (Å²) in [6.45, 7) is 0. The maximum Gasteiger partial charge on any atom is 0.421 e. The van der Waals surface area contributed by atoms with Crippen molar-refractivity contribution < 1.29 is 9.90 Å². The van der Waals surface area contributed by atoms with E-state index in [2.05, 4.69) is 0 Å². The number of carboxylic acid groups (broad SMARTS) is 1. The number of hydrogen-bond donors (Lipinski definition) is 2. The van der Waals surface area contributed by atoms with Gasteiger partial charge in [0.1, 0.15) is 0 Å². The minimum Gasteiger partial charge on any atom is -0.464 e. The highest BCUT2D eigenvalue weighted by Gasteiger charge is 2.21. The highest BCUT2D eigenvalue weighted by molar-refractivity contribution is 5.64. The summed E-state index contributed by atoms with van der Waals surface area (Å²) in [6.07, 6.45) is 4.24. The number of hydrogen-bond acceptors (Lipinski definition) is 2. The summed E-state index contributed by atoms with van der Waals surface area (Å²) >= 11 is 0. The molecule has 0 unspecified atom stereocenters. The summed E-state index contributed by atoms with van der Waals surface area (Å²) in [5.74, 6) is 5.32. The topological polar surface area (TPSA) is 66.6 Å². The zero-order valence-electron chi connectivity index (χ0n) is 6.49. The van der Waals surface area contributed by atoms with E-state index in [0.29, 0.717) is 0 Å². The molecule has 0 saturated heterocycles. The Bertz CT molecular complexity index is 143. The lowest BCUT2D eigenvalue weighted by Crippen LogP contribution is -2.45. The summed E-state index contributed by atoms with van der Waals surface area (Å²) in [6, 6.07) is 0.0567. The highest BCUT2D eigenvalue weighted by Crippen LogP contribution is 2.20. The van der Waals surface area contributed by atoms with Crippen LogP contribution in [0.25, 0.3) is 0 Å². The van der Waals surface area contributed by atoms with Crippen LogP contribution in [0.15, 0.2) is 0 Å². The van der Waals surface area contributed by atoms with Crippen LogP contribution in [0.1, 0.15) is 32.1 Å². The number of carbonyl (C=O) groups is 1. The van der Waals surface area contributed by atoms with E-state index >= 15 is 0 Å². The van der Waals surface area contributed by atoms with Gasteiger partial charge in [-0.2, -0.15) is 0 Å². The van der Waals surface area contributed by atoms with Gasteiger partial charge in [-0.05, 0) is 12.8 Å². The van der Waals surface area contributed by atoms with Crippen molar-refractivity contribution in [1.82, 2.24) is 5.01 Å². The van der Waals surface area contributed by atoms with Crippen molar-refractivity contribution in [2.24, 2.45) is 5.84 Å². The molecule has 1 rings (SSSR count). The van der Waals surface area contributed by atoms with Gasteiger partial charge in [0.15, 0.2) is 0 Å². The van der Waals surface area contributed by atoms with Crippen molar-refractivity contribution in [3.05, 3.63) is 0 Å². The first kappa shape index (κ1) is 8.33. The van der Waals surface area contributed by atoms with Crippen LogP contribution in [-0.2, 0) is 0 Å². The van der Waals surface area contributed by atoms with Crippen LogP contribution in [0.4, 0.5) is 4.79 Å². The predicted molar refractivity (Wildman–Crippen MR) is 40.9 cm³/mol. The molecule has 1 aliphatic rings. The van der Waals surface area contributed by atoms with Gasteiger partial charge in [-0.3, -0.25) is 0 Å². The van der Waals surface area contributed by atoms with E-state index in [1.807, 2.05) is 0 Å². The van der Waals surface area contributed by atoms with Gasteiger partial charge in [-0.25, -0.2) is 15.6 Å². The molecule has 1 aliphatic carbocycles. The monoisotopic (exact) mass is 158 g/mol. The maximum atomic E-state index is 10.4. The van der Waals surface area contributed by atoms with Crippen molar-refractivity contribution in [1.29, 1.82) is 0 Å². The SMILES string of the molecule is NN(C(=O)O)C1CCCCC1. The lowest BCUT2D eigenvalue weighted by Gasteiger charge is -2.27. The zero-order valence-corrected chi connectivity index (χ0v) is 6.49. The molecular formula is C7H14N2O2. The summed E-state index contributed by atoms with van der Waals surface area (Å²) in [7, 11) is 0. The third kappa shape index (κ3) is 2.08. The lowest BCUT2D eigenvalue weighted by molar-refractivity contribution is 0.111. The van der Waals surface area contributed by atoms with Crippen LogP contribution in [0.3, 0.4) is 0 Å². The van der Waals surface area contributed by atoms with Crippen molar-refractivity contribution in [3.63, 3.8) is 0 Å². The quantitative estimate of drug-likeness (QED) is 0.342. The third-order valence-electron chi connectivity index (χ3n) is 2.19. The summed E-state index contributed by atoms with van der Waals surface area (Å²) in [5.41, 5.74) is 0. The fourth-order valence-corrected chi connectivity index (χ4v) is 1.52. The molecule has 4 nitrogen and oxygen atoms in total. The maximum absolute atomic E-state index is 10.4. The van der Waals surface area contributed by atoms with Gasteiger partial charge in [0.05, 0.1) is 6.04 Å². The first-order valence-electron chi connectivity index (χ1n) is 3.98. The molecule has 1 fully saturated rings. The van der Waals surface area contributed by atoms with Crippen LogP contribution in [0.5, 0.6) is 0 Å². The molecule has 0 aromatic heterocycles. The average Bonchev–Trinajstić information content (AvgIpc) is 2.05. The van der Waals surface area contributed by atoms with Gasteiger partial charge < -0.3 is 5.11 Å². The summed E-state index contributed by atoms with van der Waals surface area (Å²) in [4.78, 5) is 10.4. The Morgan fingerprint density at radius 2 is 1.91 bits per heavy atom. The Balaban J connectivity index is 2.38. The van der Waals surface area contributed by atoms with Crippen LogP contribution >= 0.6 is 0 Å². The van der Waals surface area contributed by atoms with Gasteiger partial charge >= 0.3 is 6.09 Å². The second-order valence-electron chi connectivity index (χ2n) is 2.98. The van der Waals surface area contributed by atoms with Gasteiger partial charge in [0.25, 0.3) is 0 Å². The van der Waals surface area contributed by atoms with Gasteiger partial charge in [0.2, 0.25) is 0 Å². The number of nitrogens with zero attached hydrogens (tertiary/aromatic N) is 1. The predicted octanol–water partition coefficient (Wildman–Crippen LogP) is 1.17. The number of hydrazine groups is 1. The average molecular weight is 158 g/mol. The first-order valence-corrected chi connectivity index (χ1v) is 3.98. The van der Waals surface area contributed by atoms with E-state index in [1.165, 1.54) is 6.42 Å². The fourth-order valence-electron chi connectivity index (χ4n) is 1.52. The molecule has 0 aliphatic heterocycles. The van der Waals surface area contributed by atoms with Gasteiger partial charge in [0, 0.05) is 0 Å². The smallest absolute Gasteiger partial charge is 0.421 e. The van der Waals surface area contributed by atoms with E-state index in [4.69, 9.17) is 10.9 Å². The summed E-state index contributed by atoms with van der Waals surface area (Å²) < 4.78 is 0. The zero-order chi connectivity index (χ0) is 8.27. The molecule has 1 amide bonds. The number of rotatable bonds is 1. The van der Waals surface area contributed by atoms with Crippen molar-refractivity contribution >= 4 is 6.09 Å². The van der Waals surface area contributed by atoms with Crippen LogP contribution in [-0.4, -0.2) is 22.3 Å². The van der Waals surface area contributed by atoms with E-state index in [9.17, 15) is 4.79 Å². The normalized spacial score (nSPS) is 19.7. The molecule has 0 heterocycles. The molecule has 3 N–H and O–H groups in total. The molecule has 1 saturated carbocycles. The highest BCUT2D eigenvalue weighted by atomic mass is 16.4. The third-order valence-corrected chi connectivity index (χ3v) is 2.19. The molecule has 0 atom stereocenters. The minimum absolute atomic E-state index is 0.0567. The minimum atomic E-state index is -1.02. The fraction of sp³-hybridized carbons (Fsp3) is 0.857. The second-order valence-corrected chi connectivity index (χ2v) is 2.98. The lowest BCUT2D eigenvalue weighted by atomic mass is 9.95. The Labute approximate surface area is 65.9 Å². The molecular weight excluding hydrogens is 144 g/mol. The molecule has 0 aromatic rings. The van der Waals surface area contributed by atoms with Gasteiger partial charge in [-0.15, -0.1) is 0 Å². The first-order chi connectivity index (χ1) is 5.22. The Hall–Kier alpha value is -0.770. The van der Waals surface area contributed by atoms with E-state index in [-0.39, 0.29) is 6.04 Å². The van der Waals surface area contributed by atoms with E-state index in [1.54, 1.807) is 0 Å². The largest absolute Gasteiger partial charge is 0.464 e. The Morgan fingerprint density at radius 3 is 2.36 bits per heavy atom.